The molecule has 1 heterocycles. The Hall–Kier alpha value is -1.74. The summed E-state index contributed by atoms with van der Waals surface area (Å²) in [5.41, 5.74) is 1.15. The molecular formula is C18H24ClIN4O2. The third kappa shape index (κ3) is 8.09. The number of hydrogen-bond donors (Lipinski definition) is 3. The molecule has 0 saturated carbocycles. The second-order valence-corrected chi connectivity index (χ2v) is 5.74. The van der Waals surface area contributed by atoms with E-state index in [1.807, 2.05) is 31.2 Å². The molecule has 0 atom stereocenters. The van der Waals surface area contributed by atoms with Crippen molar-refractivity contribution in [2.75, 3.05) is 26.2 Å². The summed E-state index contributed by atoms with van der Waals surface area (Å²) in [6.07, 6.45) is 2.29. The summed E-state index contributed by atoms with van der Waals surface area (Å²) in [7, 11) is 0. The van der Waals surface area contributed by atoms with Crippen LogP contribution in [0.4, 0.5) is 0 Å². The SMILES string of the molecule is CCNC(=NCCc1cccc(Cl)c1)NCCNC(=O)c1ccco1.I. The molecule has 26 heavy (non-hydrogen) atoms. The summed E-state index contributed by atoms with van der Waals surface area (Å²) < 4.78 is 5.04. The van der Waals surface area contributed by atoms with Gasteiger partial charge in [-0.15, -0.1) is 24.0 Å². The second-order valence-electron chi connectivity index (χ2n) is 5.30. The smallest absolute Gasteiger partial charge is 0.287 e. The summed E-state index contributed by atoms with van der Waals surface area (Å²) in [4.78, 5) is 16.3. The number of amides is 1. The number of carbonyl (C=O) groups excluding carboxylic acids is 1. The molecule has 8 heteroatoms. The van der Waals surface area contributed by atoms with Crippen molar-refractivity contribution in [2.24, 2.45) is 4.99 Å². The van der Waals surface area contributed by atoms with Gasteiger partial charge in [-0.05, 0) is 43.2 Å². The molecule has 142 valence electrons. The molecule has 0 radical (unpaired) electrons. The Morgan fingerprint density at radius 1 is 1.15 bits per heavy atom. The number of halogens is 2. The molecule has 1 aromatic heterocycles. The van der Waals surface area contributed by atoms with Crippen molar-refractivity contribution in [3.05, 3.63) is 59.0 Å². The highest BCUT2D eigenvalue weighted by Gasteiger charge is 2.06. The number of carbonyl (C=O) groups is 1. The van der Waals surface area contributed by atoms with Gasteiger partial charge in [0.1, 0.15) is 0 Å². The number of nitrogens with zero attached hydrogens (tertiary/aromatic N) is 1. The zero-order valence-corrected chi connectivity index (χ0v) is 17.7. The summed E-state index contributed by atoms with van der Waals surface area (Å²) in [5.74, 6) is 0.800. The van der Waals surface area contributed by atoms with E-state index in [-0.39, 0.29) is 29.9 Å². The number of rotatable bonds is 8. The van der Waals surface area contributed by atoms with Crippen LogP contribution in [0.15, 0.2) is 52.1 Å². The van der Waals surface area contributed by atoms with Crippen LogP contribution in [-0.2, 0) is 6.42 Å². The first-order valence-electron chi connectivity index (χ1n) is 8.27. The third-order valence-electron chi connectivity index (χ3n) is 3.35. The van der Waals surface area contributed by atoms with E-state index in [2.05, 4.69) is 20.9 Å². The second kappa shape index (κ2) is 12.6. The third-order valence-corrected chi connectivity index (χ3v) is 3.59. The van der Waals surface area contributed by atoms with Gasteiger partial charge in [-0.3, -0.25) is 9.79 Å². The summed E-state index contributed by atoms with van der Waals surface area (Å²) in [5, 5.41) is 9.88. The van der Waals surface area contributed by atoms with Crippen LogP contribution in [0.2, 0.25) is 5.02 Å². The highest BCUT2D eigenvalue weighted by molar-refractivity contribution is 14.0. The van der Waals surface area contributed by atoms with Crippen LogP contribution >= 0.6 is 35.6 Å². The minimum Gasteiger partial charge on any atom is -0.459 e. The predicted octanol–water partition coefficient (Wildman–Crippen LogP) is 3.08. The van der Waals surface area contributed by atoms with Crippen molar-refractivity contribution >= 4 is 47.4 Å². The first-order chi connectivity index (χ1) is 12.2. The van der Waals surface area contributed by atoms with Crippen LogP contribution < -0.4 is 16.0 Å². The average molecular weight is 491 g/mol. The molecule has 0 aliphatic rings. The van der Waals surface area contributed by atoms with Crippen LogP contribution in [0, 0.1) is 0 Å². The lowest BCUT2D eigenvalue weighted by molar-refractivity contribution is 0.0926. The normalized spacial score (nSPS) is 10.8. The van der Waals surface area contributed by atoms with Gasteiger partial charge in [-0.1, -0.05) is 23.7 Å². The number of benzene rings is 1. The number of hydrogen-bond acceptors (Lipinski definition) is 3. The van der Waals surface area contributed by atoms with Crippen molar-refractivity contribution in [3.8, 4) is 0 Å². The minimum atomic E-state index is -0.227. The molecule has 0 bridgehead atoms. The maximum atomic E-state index is 11.7. The average Bonchev–Trinajstić information content (AvgIpc) is 3.13. The van der Waals surface area contributed by atoms with E-state index >= 15 is 0 Å². The Bertz CT molecular complexity index is 692. The highest BCUT2D eigenvalue weighted by atomic mass is 127. The van der Waals surface area contributed by atoms with Gasteiger partial charge in [0, 0.05) is 31.2 Å². The quantitative estimate of drug-likeness (QED) is 0.230. The fourth-order valence-corrected chi connectivity index (χ4v) is 2.40. The zero-order chi connectivity index (χ0) is 17.9. The molecule has 0 saturated heterocycles. The molecule has 0 fully saturated rings. The van der Waals surface area contributed by atoms with Crippen LogP contribution in [-0.4, -0.2) is 38.0 Å². The molecule has 0 aliphatic carbocycles. The van der Waals surface area contributed by atoms with Gasteiger partial charge in [0.05, 0.1) is 6.26 Å². The molecule has 1 amide bonds. The number of aliphatic imine (C=N–C) groups is 1. The van der Waals surface area contributed by atoms with Gasteiger partial charge in [-0.2, -0.15) is 0 Å². The van der Waals surface area contributed by atoms with Crippen molar-refractivity contribution in [1.82, 2.24) is 16.0 Å². The van der Waals surface area contributed by atoms with E-state index in [4.69, 9.17) is 16.0 Å². The highest BCUT2D eigenvalue weighted by Crippen LogP contribution is 2.10. The standard InChI is InChI=1S/C18H23ClN4O2.HI/c1-2-20-18(22-9-8-14-5-3-6-15(19)13-14)23-11-10-21-17(24)16-7-4-12-25-16;/h3-7,12-13H,2,8-11H2,1H3,(H,21,24)(H2,20,22,23);1H. The number of guanidine groups is 1. The topological polar surface area (TPSA) is 78.7 Å². The van der Waals surface area contributed by atoms with E-state index in [0.717, 1.165) is 29.5 Å². The molecule has 0 spiro atoms. The summed E-state index contributed by atoms with van der Waals surface area (Å²) >= 11 is 5.98. The Balaban J connectivity index is 0.00000338. The molecule has 2 rings (SSSR count). The lowest BCUT2D eigenvalue weighted by Gasteiger charge is -2.11. The largest absolute Gasteiger partial charge is 0.459 e. The van der Waals surface area contributed by atoms with Gasteiger partial charge in [0.15, 0.2) is 11.7 Å². The molecular weight excluding hydrogens is 467 g/mol. The lowest BCUT2D eigenvalue weighted by atomic mass is 10.1. The Morgan fingerprint density at radius 3 is 2.65 bits per heavy atom. The van der Waals surface area contributed by atoms with Crippen molar-refractivity contribution in [1.29, 1.82) is 0 Å². The van der Waals surface area contributed by atoms with Crippen molar-refractivity contribution in [3.63, 3.8) is 0 Å². The van der Waals surface area contributed by atoms with Crippen molar-refractivity contribution in [2.45, 2.75) is 13.3 Å². The van der Waals surface area contributed by atoms with Crippen LogP contribution in [0.25, 0.3) is 0 Å². The summed E-state index contributed by atoms with van der Waals surface area (Å²) in [6.45, 7) is 4.46. The lowest BCUT2D eigenvalue weighted by Crippen LogP contribution is -2.41. The van der Waals surface area contributed by atoms with E-state index in [9.17, 15) is 4.79 Å². The van der Waals surface area contributed by atoms with Gasteiger partial charge in [0.2, 0.25) is 0 Å². The van der Waals surface area contributed by atoms with Crippen LogP contribution in [0.3, 0.4) is 0 Å². The maximum Gasteiger partial charge on any atom is 0.287 e. The molecule has 0 aliphatic heterocycles. The van der Waals surface area contributed by atoms with Gasteiger partial charge >= 0.3 is 0 Å². The van der Waals surface area contributed by atoms with Gasteiger partial charge in [-0.25, -0.2) is 0 Å². The molecule has 0 unspecified atom stereocenters. The monoisotopic (exact) mass is 490 g/mol. The number of nitrogens with one attached hydrogen (secondary N) is 3. The summed E-state index contributed by atoms with van der Waals surface area (Å²) in [6, 6.07) is 11.1. The number of furan rings is 1. The molecule has 3 N–H and O–H groups in total. The van der Waals surface area contributed by atoms with Crippen LogP contribution in [0.1, 0.15) is 23.0 Å². The fourth-order valence-electron chi connectivity index (χ4n) is 2.18. The van der Waals surface area contributed by atoms with E-state index in [0.29, 0.717) is 25.4 Å². The Morgan fingerprint density at radius 2 is 1.96 bits per heavy atom. The first kappa shape index (κ1) is 22.3. The van der Waals surface area contributed by atoms with Gasteiger partial charge < -0.3 is 20.4 Å². The molecule has 1 aromatic carbocycles. The van der Waals surface area contributed by atoms with Crippen molar-refractivity contribution < 1.29 is 9.21 Å². The predicted molar refractivity (Wildman–Crippen MR) is 116 cm³/mol. The van der Waals surface area contributed by atoms with E-state index < -0.39 is 0 Å². The van der Waals surface area contributed by atoms with Crippen LogP contribution in [0.5, 0.6) is 0 Å². The van der Waals surface area contributed by atoms with Gasteiger partial charge in [0.25, 0.3) is 5.91 Å². The first-order valence-corrected chi connectivity index (χ1v) is 8.65. The Labute approximate surface area is 175 Å². The van der Waals surface area contributed by atoms with E-state index in [1.165, 1.54) is 6.26 Å². The fraction of sp³-hybridized carbons (Fsp3) is 0.333. The molecule has 2 aromatic rings. The van der Waals surface area contributed by atoms with E-state index in [1.54, 1.807) is 12.1 Å². The zero-order valence-electron chi connectivity index (χ0n) is 14.6. The molecule has 6 nitrogen and oxygen atoms in total. The maximum absolute atomic E-state index is 11.7. The Kier molecular flexibility index (Phi) is 10.8. The minimum absolute atomic E-state index is 0.